The Morgan fingerprint density at radius 2 is 1.87 bits per heavy atom. The van der Waals surface area contributed by atoms with E-state index in [1.54, 1.807) is 29.2 Å². The molecular weight excluding hydrogens is 391 g/mol. The van der Waals surface area contributed by atoms with Crippen LogP contribution in [0.15, 0.2) is 72.8 Å². The summed E-state index contributed by atoms with van der Waals surface area (Å²) in [7, 11) is 0. The van der Waals surface area contributed by atoms with E-state index in [0.29, 0.717) is 11.4 Å². The molecule has 0 N–H and O–H groups in total. The van der Waals surface area contributed by atoms with Gasteiger partial charge in [-0.25, -0.2) is 4.39 Å². The van der Waals surface area contributed by atoms with Crippen molar-refractivity contribution in [3.05, 3.63) is 94.3 Å². The van der Waals surface area contributed by atoms with E-state index in [-0.39, 0.29) is 12.4 Å². The number of carbonyl (C=O) groups excluding carboxylic acids is 1. The van der Waals surface area contributed by atoms with Crippen LogP contribution in [0.2, 0.25) is 0 Å². The molecule has 4 rings (SSSR count). The number of hydrogen-bond acceptors (Lipinski definition) is 5. The van der Waals surface area contributed by atoms with Crippen molar-refractivity contribution in [2.75, 3.05) is 18.1 Å². The van der Waals surface area contributed by atoms with Crippen LogP contribution in [0.5, 0.6) is 11.5 Å². The van der Waals surface area contributed by atoms with Crippen molar-refractivity contribution in [2.24, 2.45) is 0 Å². The van der Waals surface area contributed by atoms with Crippen LogP contribution in [0.1, 0.15) is 11.6 Å². The number of fused-ring (bicyclic) bond motifs is 1. The predicted octanol–water partition coefficient (Wildman–Crippen LogP) is 4.28. The third-order valence-electron chi connectivity index (χ3n) is 4.76. The Morgan fingerprint density at radius 3 is 2.63 bits per heavy atom. The van der Waals surface area contributed by atoms with Gasteiger partial charge in [-0.05, 0) is 23.8 Å². The fourth-order valence-corrected chi connectivity index (χ4v) is 3.38. The van der Waals surface area contributed by atoms with Gasteiger partial charge in [0.15, 0.2) is 6.61 Å². The highest BCUT2D eigenvalue weighted by atomic mass is 19.1. The van der Waals surface area contributed by atoms with Gasteiger partial charge in [-0.3, -0.25) is 19.8 Å². The topological polar surface area (TPSA) is 81.9 Å². The summed E-state index contributed by atoms with van der Waals surface area (Å²) in [4.78, 5) is 25.2. The van der Waals surface area contributed by atoms with E-state index in [9.17, 15) is 19.3 Å². The average molecular weight is 408 g/mol. The monoisotopic (exact) mass is 408 g/mol. The lowest BCUT2D eigenvalue weighted by Crippen LogP contribution is -2.43. The maximum Gasteiger partial charge on any atom is 0.311 e. The van der Waals surface area contributed by atoms with Gasteiger partial charge >= 0.3 is 5.69 Å². The number of anilines is 1. The van der Waals surface area contributed by atoms with Crippen molar-refractivity contribution < 1.29 is 23.6 Å². The summed E-state index contributed by atoms with van der Waals surface area (Å²) in [5, 5.41) is 11.2. The van der Waals surface area contributed by atoms with Gasteiger partial charge in [0, 0.05) is 12.1 Å². The summed E-state index contributed by atoms with van der Waals surface area (Å²) in [6.07, 6.45) is 0. The van der Waals surface area contributed by atoms with E-state index >= 15 is 0 Å². The highest BCUT2D eigenvalue weighted by Gasteiger charge is 2.33. The number of nitrogens with zero attached hydrogens (tertiary/aromatic N) is 2. The number of halogens is 1. The van der Waals surface area contributed by atoms with Crippen LogP contribution in [0, 0.1) is 15.9 Å². The van der Waals surface area contributed by atoms with E-state index in [1.807, 2.05) is 30.3 Å². The number of benzene rings is 3. The average Bonchev–Trinajstić information content (AvgIpc) is 2.77. The molecule has 0 saturated heterocycles. The van der Waals surface area contributed by atoms with E-state index in [0.717, 1.165) is 23.8 Å². The third kappa shape index (κ3) is 3.80. The Labute approximate surface area is 171 Å². The zero-order valence-electron chi connectivity index (χ0n) is 15.7. The van der Waals surface area contributed by atoms with Crippen molar-refractivity contribution in [2.45, 2.75) is 6.04 Å². The molecule has 1 amide bonds. The van der Waals surface area contributed by atoms with Gasteiger partial charge in [0.25, 0.3) is 5.91 Å². The molecule has 0 fully saturated rings. The SMILES string of the molecule is O=C(COc1cc(F)ccc1[N+](=O)[O-])N1c2ccccc2OCC1c1ccccc1. The molecule has 152 valence electrons. The molecule has 0 aromatic heterocycles. The molecule has 8 heteroatoms. The number of rotatable bonds is 5. The normalized spacial score (nSPS) is 15.1. The molecule has 0 spiro atoms. The first kappa shape index (κ1) is 19.4. The molecular formula is C22H17FN2O5. The zero-order chi connectivity index (χ0) is 21.1. The molecule has 3 aromatic carbocycles. The second-order valence-corrected chi connectivity index (χ2v) is 6.63. The first-order valence-electron chi connectivity index (χ1n) is 9.20. The van der Waals surface area contributed by atoms with Crippen LogP contribution in [0.25, 0.3) is 0 Å². The summed E-state index contributed by atoms with van der Waals surface area (Å²) in [6, 6.07) is 19.0. The lowest BCUT2D eigenvalue weighted by atomic mass is 10.0. The number of nitro benzene ring substituents is 1. The fourth-order valence-electron chi connectivity index (χ4n) is 3.38. The molecule has 0 saturated carbocycles. The zero-order valence-corrected chi connectivity index (χ0v) is 15.7. The molecule has 0 aliphatic carbocycles. The van der Waals surface area contributed by atoms with Crippen LogP contribution < -0.4 is 14.4 Å². The molecule has 1 aliphatic heterocycles. The van der Waals surface area contributed by atoms with Crippen LogP contribution in [-0.4, -0.2) is 24.0 Å². The largest absolute Gasteiger partial charge is 0.489 e. The Balaban J connectivity index is 1.64. The van der Waals surface area contributed by atoms with Crippen LogP contribution in [0.4, 0.5) is 15.8 Å². The smallest absolute Gasteiger partial charge is 0.311 e. The number of carbonyl (C=O) groups is 1. The summed E-state index contributed by atoms with van der Waals surface area (Å²) >= 11 is 0. The number of nitro groups is 1. The second-order valence-electron chi connectivity index (χ2n) is 6.63. The van der Waals surface area contributed by atoms with Crippen molar-refractivity contribution in [3.63, 3.8) is 0 Å². The number of amides is 1. The minimum absolute atomic E-state index is 0.243. The van der Waals surface area contributed by atoms with Gasteiger partial charge in [0.05, 0.1) is 16.7 Å². The predicted molar refractivity (Wildman–Crippen MR) is 107 cm³/mol. The van der Waals surface area contributed by atoms with Crippen molar-refractivity contribution in [1.82, 2.24) is 0 Å². The number of para-hydroxylation sites is 2. The van der Waals surface area contributed by atoms with Crippen LogP contribution in [-0.2, 0) is 4.79 Å². The van der Waals surface area contributed by atoms with Crippen molar-refractivity contribution in [3.8, 4) is 11.5 Å². The van der Waals surface area contributed by atoms with Gasteiger partial charge in [-0.2, -0.15) is 0 Å². The lowest BCUT2D eigenvalue weighted by molar-refractivity contribution is -0.385. The third-order valence-corrected chi connectivity index (χ3v) is 4.76. The molecule has 30 heavy (non-hydrogen) atoms. The molecule has 3 aromatic rings. The maximum absolute atomic E-state index is 13.6. The van der Waals surface area contributed by atoms with Gasteiger partial charge in [-0.15, -0.1) is 0 Å². The van der Waals surface area contributed by atoms with Gasteiger partial charge < -0.3 is 9.47 Å². The molecule has 0 radical (unpaired) electrons. The van der Waals surface area contributed by atoms with Crippen LogP contribution >= 0.6 is 0 Å². The molecule has 0 bridgehead atoms. The Hall–Kier alpha value is -3.94. The van der Waals surface area contributed by atoms with E-state index in [4.69, 9.17) is 9.47 Å². The van der Waals surface area contributed by atoms with Crippen molar-refractivity contribution >= 4 is 17.3 Å². The van der Waals surface area contributed by atoms with Crippen molar-refractivity contribution in [1.29, 1.82) is 0 Å². The quantitative estimate of drug-likeness (QED) is 0.465. The van der Waals surface area contributed by atoms with Gasteiger partial charge in [0.1, 0.15) is 18.2 Å². The number of ether oxygens (including phenoxy) is 2. The summed E-state index contributed by atoms with van der Waals surface area (Å²) in [5.74, 6) is -0.874. The van der Waals surface area contributed by atoms with E-state index in [2.05, 4.69) is 0 Å². The molecule has 1 heterocycles. The first-order chi connectivity index (χ1) is 14.5. The molecule has 1 unspecified atom stereocenters. The number of hydrogen-bond donors (Lipinski definition) is 0. The molecule has 1 atom stereocenters. The highest BCUT2D eigenvalue weighted by Crippen LogP contribution is 2.39. The standard InChI is InChI=1S/C22H17FN2O5/c23-16-10-11-18(25(27)28)21(12-16)30-14-22(26)24-17-8-4-5-9-20(17)29-13-19(24)15-6-2-1-3-7-15/h1-12,19H,13-14H2. The Morgan fingerprint density at radius 1 is 1.13 bits per heavy atom. The summed E-state index contributed by atoms with van der Waals surface area (Å²) in [6.45, 7) is -0.255. The van der Waals surface area contributed by atoms with E-state index in [1.165, 1.54) is 0 Å². The summed E-state index contributed by atoms with van der Waals surface area (Å²) in [5.41, 5.74) is 1.03. The highest BCUT2D eigenvalue weighted by molar-refractivity contribution is 5.97. The van der Waals surface area contributed by atoms with Crippen LogP contribution in [0.3, 0.4) is 0 Å². The first-order valence-corrected chi connectivity index (χ1v) is 9.20. The second kappa shape index (κ2) is 8.20. The Kier molecular flexibility index (Phi) is 5.30. The summed E-state index contributed by atoms with van der Waals surface area (Å²) < 4.78 is 24.8. The lowest BCUT2D eigenvalue weighted by Gasteiger charge is -2.37. The molecule has 1 aliphatic rings. The minimum Gasteiger partial charge on any atom is -0.489 e. The Bertz CT molecular complexity index is 1090. The van der Waals surface area contributed by atoms with Gasteiger partial charge in [-0.1, -0.05) is 42.5 Å². The fraction of sp³-hybridized carbons (Fsp3) is 0.136. The van der Waals surface area contributed by atoms with E-state index < -0.39 is 35.0 Å². The minimum atomic E-state index is -0.693. The van der Waals surface area contributed by atoms with Gasteiger partial charge in [0.2, 0.25) is 5.75 Å². The molecule has 7 nitrogen and oxygen atoms in total. The maximum atomic E-state index is 13.6.